The first kappa shape index (κ1) is 56.2. The van der Waals surface area contributed by atoms with E-state index in [-0.39, 0.29) is 73.1 Å². The maximum atomic E-state index is 10.2. The monoisotopic (exact) mass is 468 g/mol. The number of carbonyl (C=O) groups is 2. The molecule has 0 bridgehead atoms. The summed E-state index contributed by atoms with van der Waals surface area (Å²) in [7, 11) is 0. The van der Waals surface area contributed by atoms with Gasteiger partial charge in [-0.15, -0.1) is 0 Å². The van der Waals surface area contributed by atoms with Crippen LogP contribution in [0, 0.1) is 0 Å². The van der Waals surface area contributed by atoms with Crippen LogP contribution in [0.15, 0.2) is 49.1 Å². The average molecular weight is 468 g/mol. The molecule has 0 aliphatic heterocycles. The molecule has 2 aromatic heterocycles. The summed E-state index contributed by atoms with van der Waals surface area (Å²) in [5, 5.41) is 16.7. The third kappa shape index (κ3) is 24.0. The summed E-state index contributed by atoms with van der Waals surface area (Å²) in [6, 6.07) is 6.01. The van der Waals surface area contributed by atoms with Crippen LogP contribution in [-0.4, -0.2) is 44.1 Å². The summed E-state index contributed by atoms with van der Waals surface area (Å²) in [6.45, 7) is 0. The van der Waals surface area contributed by atoms with Crippen molar-refractivity contribution in [3.8, 4) is 0 Å². The first-order valence-corrected chi connectivity index (χ1v) is 5.00. The Kier molecular flexibility index (Phi) is 66.2. The predicted octanol–water partition coefficient (Wildman–Crippen LogP) is -0.671. The normalized spacial score (nSPS) is 5.93. The molecule has 0 amide bonds. The van der Waals surface area contributed by atoms with E-state index in [1.165, 1.54) is 24.3 Å². The molecule has 0 saturated carbocycles. The Hall–Kier alpha value is -1.98. The van der Waals surface area contributed by atoms with E-state index in [1.807, 2.05) is 0 Å². The van der Waals surface area contributed by atoms with Gasteiger partial charge in [0, 0.05) is 24.3 Å². The van der Waals surface area contributed by atoms with E-state index in [4.69, 9.17) is 10.2 Å². The molecule has 0 radical (unpaired) electrons. The second kappa shape index (κ2) is 31.8. The molecule has 2 rings (SSSR count). The number of pyridine rings is 2. The second-order valence-electron chi connectivity index (χ2n) is 3.19. The van der Waals surface area contributed by atoms with Crippen molar-refractivity contribution in [2.45, 2.75) is 0 Å². The molecule has 0 aliphatic rings. The third-order valence-corrected chi connectivity index (χ3v) is 1.93. The van der Waals surface area contributed by atoms with Crippen molar-refractivity contribution in [3.63, 3.8) is 0 Å². The summed E-state index contributed by atoms with van der Waals surface area (Å²) >= 11 is 0. The Morgan fingerprint density at radius 2 is 0.778 bits per heavy atom. The fourth-order valence-electron chi connectivity index (χ4n) is 1.06. The maximum absolute atomic E-state index is 10.2. The number of aromatic amines is 2. The van der Waals surface area contributed by atoms with Crippen LogP contribution < -0.4 is 9.97 Å². The van der Waals surface area contributed by atoms with E-state index in [1.54, 1.807) is 24.8 Å². The van der Waals surface area contributed by atoms with Crippen molar-refractivity contribution in [2.24, 2.45) is 0 Å². The van der Waals surface area contributed by atoms with E-state index in [0.29, 0.717) is 11.1 Å². The van der Waals surface area contributed by atoms with Crippen molar-refractivity contribution in [1.82, 2.24) is 0 Å². The molecule has 2 aromatic rings. The molecule has 0 fully saturated rings. The van der Waals surface area contributed by atoms with Gasteiger partial charge < -0.3 is 48.5 Å². The quantitative estimate of drug-likeness (QED) is 0.567. The predicted molar refractivity (Wildman–Crippen MR) is 69.7 cm³/mol. The molecule has 2 heterocycles. The van der Waals surface area contributed by atoms with Gasteiger partial charge in [-0.3, -0.25) is 0 Å². The van der Waals surface area contributed by atoms with Gasteiger partial charge in [0.15, 0.2) is 24.8 Å². The maximum Gasteiger partial charge on any atom is 4.00 e. The van der Waals surface area contributed by atoms with E-state index in [9.17, 15) is 9.59 Å². The minimum Gasteiger partial charge on any atom is -2.00 e. The van der Waals surface area contributed by atoms with Crippen LogP contribution in [0.1, 0.15) is 20.7 Å². The Balaban J connectivity index is -0.0000000257. The summed E-state index contributed by atoms with van der Waals surface area (Å²) in [5.74, 6) is -1.80. The van der Waals surface area contributed by atoms with Gasteiger partial charge in [-0.2, -0.15) is 0 Å². The molecule has 0 unspecified atom stereocenters. The van der Waals surface area contributed by atoms with Gasteiger partial charge in [0.25, 0.3) is 0 Å². The van der Waals surface area contributed by atoms with Crippen molar-refractivity contribution >= 4 is 11.9 Å². The number of hydrogen-bond acceptors (Lipinski definition) is 6. The second-order valence-corrected chi connectivity index (χ2v) is 3.19. The van der Waals surface area contributed by atoms with Crippen LogP contribution in [0.4, 0.5) is 0 Å². The van der Waals surface area contributed by atoms with Crippen molar-refractivity contribution < 1.29 is 103 Å². The average Bonchev–Trinajstić information content (AvgIpc) is 2.41. The molecular formula is C12H16Cr2N2O11. The van der Waals surface area contributed by atoms with Gasteiger partial charge >= 0.3 is 46.7 Å². The molecule has 13 nitrogen and oxygen atoms in total. The van der Waals surface area contributed by atoms with E-state index in [2.05, 4.69) is 9.97 Å². The Bertz CT molecular complexity index is 486. The number of H-pyrrole nitrogens is 2. The summed E-state index contributed by atoms with van der Waals surface area (Å²) < 4.78 is 0. The molecular weight excluding hydrogens is 452 g/mol. The third-order valence-electron chi connectivity index (χ3n) is 1.93. The molecule has 0 aromatic carbocycles. The first-order chi connectivity index (χ1) is 8.61. The van der Waals surface area contributed by atoms with E-state index < -0.39 is 11.9 Å². The molecule has 0 spiro atoms. The van der Waals surface area contributed by atoms with Crippen LogP contribution in [0.25, 0.3) is 0 Å². The van der Waals surface area contributed by atoms with Crippen LogP contribution in [-0.2, 0) is 51.2 Å². The zero-order valence-electron chi connectivity index (χ0n) is 13.2. The van der Waals surface area contributed by atoms with E-state index >= 15 is 0 Å². The topological polar surface area (TPSA) is 308 Å². The van der Waals surface area contributed by atoms with Gasteiger partial charge in [0.2, 0.25) is 0 Å². The molecule has 0 saturated heterocycles. The minimum atomic E-state index is -0.899. The molecule has 8 N–H and O–H groups in total. The fourth-order valence-corrected chi connectivity index (χ4v) is 1.06. The fraction of sp³-hybridized carbons (Fsp3) is 0. The number of aromatic carboxylic acids is 2. The number of hydrogen-bond donors (Lipinski definition) is 2. The Morgan fingerprint density at radius 1 is 0.593 bits per heavy atom. The van der Waals surface area contributed by atoms with Crippen molar-refractivity contribution in [3.05, 3.63) is 60.2 Å². The van der Waals surface area contributed by atoms with Crippen LogP contribution >= 0.6 is 0 Å². The van der Waals surface area contributed by atoms with Crippen molar-refractivity contribution in [2.75, 3.05) is 0 Å². The standard InChI is InChI=1S/2C6H5NO2.2Cr.4H2O.3O/c2*8-6(9)5-1-3-7-4-2-5;;;;;;;;;/h2*1-4H,(H,8,9);;;4*1H2;;;/q;;2*+4;;;;;3*-2/p-2. The molecule has 27 heavy (non-hydrogen) atoms. The Morgan fingerprint density at radius 3 is 0.889 bits per heavy atom. The summed E-state index contributed by atoms with van der Waals surface area (Å²) in [4.78, 5) is 25.8. The van der Waals surface area contributed by atoms with E-state index in [0.717, 1.165) is 0 Å². The van der Waals surface area contributed by atoms with Crippen LogP contribution in [0.2, 0.25) is 0 Å². The van der Waals surface area contributed by atoms with Crippen molar-refractivity contribution in [1.29, 1.82) is 0 Å². The van der Waals surface area contributed by atoms with Gasteiger partial charge in [0.05, 0.1) is 11.1 Å². The number of rotatable bonds is 2. The number of carboxylic acid groups (broad SMARTS) is 2. The summed E-state index contributed by atoms with van der Waals surface area (Å²) in [6.07, 6.45) is 6.29. The van der Waals surface area contributed by atoms with Gasteiger partial charge in [-0.05, 0) is 0 Å². The number of carboxylic acids is 2. The smallest absolute Gasteiger partial charge is 2.00 e. The van der Waals surface area contributed by atoms with Crippen LogP contribution in [0.3, 0.4) is 0 Å². The largest absolute Gasteiger partial charge is 4.00 e. The zero-order valence-corrected chi connectivity index (χ0v) is 15.7. The number of aromatic nitrogens is 2. The molecule has 152 valence electrons. The van der Waals surface area contributed by atoms with Gasteiger partial charge in [0.1, 0.15) is 0 Å². The Labute approximate surface area is 175 Å². The van der Waals surface area contributed by atoms with Gasteiger partial charge in [-0.25, -0.2) is 19.6 Å². The number of nitrogens with one attached hydrogen (secondary N) is 2. The van der Waals surface area contributed by atoms with Gasteiger partial charge in [-0.1, -0.05) is 0 Å². The molecule has 0 atom stereocenters. The molecule has 0 aliphatic carbocycles. The SMILES string of the molecule is O=C(O)c1cc[nH+]cc1.O=C(O)c1cc[nH+]cc1.[Cr+4].[Cr+4].[O-2].[O-2].[O-2].[OH-].[OH-].[OH-].[OH-]. The first-order valence-electron chi connectivity index (χ1n) is 5.00. The molecule has 15 heteroatoms. The summed E-state index contributed by atoms with van der Waals surface area (Å²) in [5.41, 5.74) is 0.600. The zero-order chi connectivity index (χ0) is 13.4. The van der Waals surface area contributed by atoms with Crippen LogP contribution in [0.5, 0.6) is 0 Å². The minimum absolute atomic E-state index is 0.